The predicted molar refractivity (Wildman–Crippen MR) is 93.5 cm³/mol. The molecule has 1 heterocycles. The van der Waals surface area contributed by atoms with E-state index in [1.165, 1.54) is 0 Å². The van der Waals surface area contributed by atoms with Crippen LogP contribution in [0, 0.1) is 6.92 Å². The summed E-state index contributed by atoms with van der Waals surface area (Å²) in [4.78, 5) is 12.0. The molecule has 26 heavy (non-hydrogen) atoms. The summed E-state index contributed by atoms with van der Waals surface area (Å²) in [6, 6.07) is 5.68. The largest absolute Gasteiger partial charge is 0.483 e. The highest BCUT2D eigenvalue weighted by atomic mass is 32.1. The normalized spacial score (nSPS) is 12.1. The molecule has 9 heteroatoms. The Balaban J connectivity index is 2.05. The number of hydrogen-bond donors (Lipinski definition) is 1. The third-order valence-electron chi connectivity index (χ3n) is 4.02. The Hall–Kier alpha value is -2.16. The highest BCUT2D eigenvalue weighted by molar-refractivity contribution is 7.15. The molecule has 1 aromatic carbocycles. The molecule has 0 saturated heterocycles. The molecular weight excluding hydrogens is 367 g/mol. The van der Waals surface area contributed by atoms with Crippen LogP contribution in [0.15, 0.2) is 18.2 Å². The van der Waals surface area contributed by atoms with Crippen LogP contribution in [-0.4, -0.2) is 22.7 Å². The second kappa shape index (κ2) is 7.61. The number of amides is 1. The van der Waals surface area contributed by atoms with Gasteiger partial charge in [-0.15, -0.1) is 10.2 Å². The number of aromatic nitrogens is 2. The van der Waals surface area contributed by atoms with E-state index in [1.807, 2.05) is 19.1 Å². The molecule has 0 radical (unpaired) electrons. The Morgan fingerprint density at radius 1 is 1.27 bits per heavy atom. The first-order chi connectivity index (χ1) is 12.0. The average Bonchev–Trinajstić information content (AvgIpc) is 3.02. The first-order valence-corrected chi connectivity index (χ1v) is 8.79. The van der Waals surface area contributed by atoms with Crippen LogP contribution in [0.5, 0.6) is 5.75 Å². The van der Waals surface area contributed by atoms with Crippen LogP contribution in [0.1, 0.15) is 43.3 Å². The smallest absolute Gasteiger partial charge is 0.445 e. The molecule has 0 aliphatic rings. The Bertz CT molecular complexity index is 788. The summed E-state index contributed by atoms with van der Waals surface area (Å²) >= 11 is 0.268. The maximum Gasteiger partial charge on any atom is 0.445 e. The molecule has 0 unspecified atom stereocenters. The Morgan fingerprint density at radius 2 is 1.96 bits per heavy atom. The molecule has 2 rings (SSSR count). The van der Waals surface area contributed by atoms with E-state index >= 15 is 0 Å². The molecule has 5 nitrogen and oxygen atoms in total. The number of carbonyl (C=O) groups excluding carboxylic acids is 1. The van der Waals surface area contributed by atoms with E-state index < -0.39 is 17.1 Å². The molecule has 0 atom stereocenters. The van der Waals surface area contributed by atoms with Crippen molar-refractivity contribution in [1.29, 1.82) is 0 Å². The van der Waals surface area contributed by atoms with Crippen LogP contribution in [0.2, 0.25) is 0 Å². The topological polar surface area (TPSA) is 64.1 Å². The first kappa shape index (κ1) is 20.2. The van der Waals surface area contributed by atoms with E-state index in [0.29, 0.717) is 5.75 Å². The highest BCUT2D eigenvalue weighted by Crippen LogP contribution is 2.35. The zero-order chi connectivity index (χ0) is 19.5. The van der Waals surface area contributed by atoms with Crippen molar-refractivity contribution in [3.8, 4) is 5.75 Å². The molecule has 0 aliphatic heterocycles. The van der Waals surface area contributed by atoms with Crippen molar-refractivity contribution < 1.29 is 22.7 Å². The Labute approximate surface area is 153 Å². The van der Waals surface area contributed by atoms with Crippen LogP contribution in [-0.2, 0) is 16.4 Å². The summed E-state index contributed by atoms with van der Waals surface area (Å²) in [7, 11) is 0. The number of rotatable bonds is 6. The number of benzene rings is 1. The number of aryl methyl sites for hydroxylation is 1. The van der Waals surface area contributed by atoms with E-state index in [1.54, 1.807) is 6.07 Å². The predicted octanol–water partition coefficient (Wildman–Crippen LogP) is 4.57. The lowest BCUT2D eigenvalue weighted by atomic mass is 9.81. The van der Waals surface area contributed by atoms with Gasteiger partial charge in [0.2, 0.25) is 10.1 Å². The van der Waals surface area contributed by atoms with Gasteiger partial charge in [-0.25, -0.2) is 0 Å². The minimum absolute atomic E-state index is 0.140. The summed E-state index contributed by atoms with van der Waals surface area (Å²) in [5.74, 6) is -0.0263. The average molecular weight is 387 g/mol. The van der Waals surface area contributed by atoms with Gasteiger partial charge in [-0.1, -0.05) is 49.8 Å². The van der Waals surface area contributed by atoms with Gasteiger partial charge in [-0.3, -0.25) is 10.1 Å². The van der Waals surface area contributed by atoms with Gasteiger partial charge in [-0.2, -0.15) is 13.2 Å². The SMILES string of the molecule is CCC(C)(C)c1cc(C)ccc1OCC(=O)Nc1nnc(C(F)(F)F)s1. The fourth-order valence-electron chi connectivity index (χ4n) is 2.18. The lowest BCUT2D eigenvalue weighted by Crippen LogP contribution is -2.22. The monoisotopic (exact) mass is 387 g/mol. The fraction of sp³-hybridized carbons (Fsp3) is 0.471. The van der Waals surface area contributed by atoms with E-state index in [0.717, 1.165) is 17.5 Å². The third kappa shape index (κ3) is 4.94. The summed E-state index contributed by atoms with van der Waals surface area (Å²) < 4.78 is 43.1. The fourth-order valence-corrected chi connectivity index (χ4v) is 2.80. The number of nitrogens with one attached hydrogen (secondary N) is 1. The highest BCUT2D eigenvalue weighted by Gasteiger charge is 2.35. The van der Waals surface area contributed by atoms with Crippen molar-refractivity contribution in [3.63, 3.8) is 0 Å². The standard InChI is InChI=1S/C17H20F3N3O2S/c1-5-16(3,4)11-8-10(2)6-7-12(11)25-9-13(24)21-15-23-22-14(26-15)17(18,19)20/h6-8H,5,9H2,1-4H3,(H,21,23,24). The van der Waals surface area contributed by atoms with Crippen LogP contribution in [0.3, 0.4) is 0 Å². The quantitative estimate of drug-likeness (QED) is 0.789. The van der Waals surface area contributed by atoms with Crippen molar-refractivity contribution in [3.05, 3.63) is 34.3 Å². The van der Waals surface area contributed by atoms with Crippen LogP contribution >= 0.6 is 11.3 Å². The van der Waals surface area contributed by atoms with Crippen molar-refractivity contribution in [2.75, 3.05) is 11.9 Å². The zero-order valence-corrected chi connectivity index (χ0v) is 15.7. The van der Waals surface area contributed by atoms with Crippen molar-refractivity contribution in [1.82, 2.24) is 10.2 Å². The zero-order valence-electron chi connectivity index (χ0n) is 14.9. The van der Waals surface area contributed by atoms with Gasteiger partial charge in [0.25, 0.3) is 5.91 Å². The van der Waals surface area contributed by atoms with Crippen molar-refractivity contribution >= 4 is 22.4 Å². The number of nitrogens with zero attached hydrogens (tertiary/aromatic N) is 2. The lowest BCUT2D eigenvalue weighted by Gasteiger charge is -2.26. The van der Waals surface area contributed by atoms with Crippen LogP contribution in [0.25, 0.3) is 0 Å². The van der Waals surface area contributed by atoms with Gasteiger partial charge in [0, 0.05) is 5.56 Å². The van der Waals surface area contributed by atoms with Gasteiger partial charge >= 0.3 is 6.18 Å². The van der Waals surface area contributed by atoms with Gasteiger partial charge < -0.3 is 4.74 Å². The summed E-state index contributed by atoms with van der Waals surface area (Å²) in [5.41, 5.74) is 1.91. The number of hydrogen-bond acceptors (Lipinski definition) is 5. The van der Waals surface area contributed by atoms with Gasteiger partial charge in [0.05, 0.1) is 0 Å². The molecule has 0 spiro atoms. The third-order valence-corrected chi connectivity index (χ3v) is 4.90. The minimum atomic E-state index is -4.58. The number of carbonyl (C=O) groups is 1. The molecular formula is C17H20F3N3O2S. The summed E-state index contributed by atoms with van der Waals surface area (Å²) in [6.07, 6.45) is -3.70. The molecule has 1 aromatic heterocycles. The summed E-state index contributed by atoms with van der Waals surface area (Å²) in [5, 5.41) is 7.27. The van der Waals surface area contributed by atoms with Crippen molar-refractivity contribution in [2.24, 2.45) is 0 Å². The van der Waals surface area contributed by atoms with E-state index in [4.69, 9.17) is 4.74 Å². The molecule has 0 aliphatic carbocycles. The molecule has 1 amide bonds. The second-order valence-corrected chi connectivity index (χ2v) is 7.46. The van der Waals surface area contributed by atoms with Crippen molar-refractivity contribution in [2.45, 2.75) is 45.7 Å². The molecule has 142 valence electrons. The number of anilines is 1. The molecule has 0 fully saturated rings. The van der Waals surface area contributed by atoms with Gasteiger partial charge in [0.1, 0.15) is 5.75 Å². The maximum atomic E-state index is 12.5. The van der Waals surface area contributed by atoms with Gasteiger partial charge in [-0.05, 0) is 24.8 Å². The van der Waals surface area contributed by atoms with E-state index in [2.05, 4.69) is 36.3 Å². The number of alkyl halides is 3. The van der Waals surface area contributed by atoms with Crippen LogP contribution < -0.4 is 10.1 Å². The molecule has 2 aromatic rings. The first-order valence-electron chi connectivity index (χ1n) is 7.97. The lowest BCUT2D eigenvalue weighted by molar-refractivity contribution is -0.138. The Kier molecular flexibility index (Phi) is 5.90. The molecule has 0 bridgehead atoms. The second-order valence-electron chi connectivity index (χ2n) is 6.48. The van der Waals surface area contributed by atoms with Gasteiger partial charge in [0.15, 0.2) is 6.61 Å². The molecule has 1 N–H and O–H groups in total. The number of ether oxygens (including phenoxy) is 1. The minimum Gasteiger partial charge on any atom is -0.483 e. The summed E-state index contributed by atoms with van der Waals surface area (Å²) in [6.45, 7) is 7.85. The maximum absolute atomic E-state index is 12.5. The van der Waals surface area contributed by atoms with E-state index in [-0.39, 0.29) is 28.5 Å². The Morgan fingerprint density at radius 3 is 2.54 bits per heavy atom. The molecule has 0 saturated carbocycles. The van der Waals surface area contributed by atoms with Crippen LogP contribution in [0.4, 0.5) is 18.3 Å². The van der Waals surface area contributed by atoms with E-state index in [9.17, 15) is 18.0 Å². The number of halogens is 3.